The van der Waals surface area contributed by atoms with Gasteiger partial charge in [0.25, 0.3) is 5.91 Å². The van der Waals surface area contributed by atoms with E-state index in [0.29, 0.717) is 23.7 Å². The van der Waals surface area contributed by atoms with Crippen molar-refractivity contribution in [3.8, 4) is 10.8 Å². The third-order valence-electron chi connectivity index (χ3n) is 5.34. The van der Waals surface area contributed by atoms with Crippen molar-refractivity contribution >= 4 is 39.1 Å². The number of fused-ring (bicyclic) bond motifs is 2. The Balaban J connectivity index is 1.48. The quantitative estimate of drug-likeness (QED) is 0.467. The Morgan fingerprint density at radius 3 is 2.69 bits per heavy atom. The molecule has 0 fully saturated rings. The van der Waals surface area contributed by atoms with Gasteiger partial charge in [-0.2, -0.15) is 0 Å². The van der Waals surface area contributed by atoms with Crippen molar-refractivity contribution < 1.29 is 4.79 Å². The molecule has 0 N–H and O–H groups in total. The summed E-state index contributed by atoms with van der Waals surface area (Å²) in [6.07, 6.45) is 0. The number of hydrogen-bond donors (Lipinski definition) is 0. The Labute approximate surface area is 176 Å². The van der Waals surface area contributed by atoms with E-state index in [1.54, 1.807) is 35.6 Å². The fourth-order valence-corrected chi connectivity index (χ4v) is 4.91. The Morgan fingerprint density at radius 2 is 1.93 bits per heavy atom. The highest BCUT2D eigenvalue weighted by atomic mass is 35.5. The zero-order valence-corrected chi connectivity index (χ0v) is 17.5. The van der Waals surface area contributed by atoms with Gasteiger partial charge in [0.1, 0.15) is 0 Å². The maximum Gasteiger partial charge on any atom is 0.254 e. The lowest BCUT2D eigenvalue weighted by Crippen LogP contribution is -2.41. The predicted octanol–water partition coefficient (Wildman–Crippen LogP) is 4.73. The summed E-state index contributed by atoms with van der Waals surface area (Å²) >= 11 is 7.58. The molecule has 5 rings (SSSR count). The number of benzene rings is 2. The smallest absolute Gasteiger partial charge is 0.254 e. The SMILES string of the molecule is Cc1cccc2nc(-c3nnc4n3CCN(C(=O)c3ccc(Cl)cc3)[C@@H]4C)sc12. The van der Waals surface area contributed by atoms with Crippen molar-refractivity contribution in [2.24, 2.45) is 0 Å². The van der Waals surface area contributed by atoms with Crippen LogP contribution in [0.5, 0.6) is 0 Å². The molecule has 0 aliphatic carbocycles. The second-order valence-electron chi connectivity index (χ2n) is 7.16. The number of amides is 1. The molecule has 2 aromatic heterocycles. The molecule has 8 heteroatoms. The van der Waals surface area contributed by atoms with Crippen LogP contribution in [0.3, 0.4) is 0 Å². The standard InChI is InChI=1S/C21H18ClN5OS/c1-12-4-3-5-16-17(12)29-20(23-16)19-25-24-18-13(2)26(10-11-27(18)19)21(28)14-6-8-15(22)9-7-14/h3-9,13H,10-11H2,1-2H3/t13-/m1/s1. The third kappa shape index (κ3) is 3.01. The highest BCUT2D eigenvalue weighted by Crippen LogP contribution is 2.34. The summed E-state index contributed by atoms with van der Waals surface area (Å²) in [5.74, 6) is 1.52. The molecule has 4 aromatic rings. The molecule has 1 amide bonds. The number of carbonyl (C=O) groups excluding carboxylic acids is 1. The van der Waals surface area contributed by atoms with E-state index in [1.807, 2.05) is 24.0 Å². The van der Waals surface area contributed by atoms with E-state index in [1.165, 1.54) is 10.3 Å². The number of aryl methyl sites for hydroxylation is 1. The lowest BCUT2D eigenvalue weighted by Gasteiger charge is -2.33. The highest BCUT2D eigenvalue weighted by molar-refractivity contribution is 7.21. The molecule has 1 atom stereocenters. The van der Waals surface area contributed by atoms with Crippen molar-refractivity contribution in [2.45, 2.75) is 26.4 Å². The number of nitrogens with zero attached hydrogens (tertiary/aromatic N) is 5. The summed E-state index contributed by atoms with van der Waals surface area (Å²) in [4.78, 5) is 19.6. The predicted molar refractivity (Wildman–Crippen MR) is 114 cm³/mol. The highest BCUT2D eigenvalue weighted by Gasteiger charge is 2.32. The van der Waals surface area contributed by atoms with Crippen LogP contribution in [0.2, 0.25) is 5.02 Å². The maximum atomic E-state index is 13.0. The fourth-order valence-electron chi connectivity index (χ4n) is 3.76. The maximum absolute atomic E-state index is 13.0. The van der Waals surface area contributed by atoms with Gasteiger partial charge in [-0.05, 0) is 49.7 Å². The van der Waals surface area contributed by atoms with Crippen LogP contribution in [0.25, 0.3) is 21.0 Å². The van der Waals surface area contributed by atoms with Gasteiger partial charge >= 0.3 is 0 Å². The minimum Gasteiger partial charge on any atom is -0.327 e. The van der Waals surface area contributed by atoms with Gasteiger partial charge in [0.05, 0.1) is 16.3 Å². The minimum atomic E-state index is -0.177. The van der Waals surface area contributed by atoms with E-state index in [-0.39, 0.29) is 11.9 Å². The molecule has 0 radical (unpaired) electrons. The number of thiazole rings is 1. The van der Waals surface area contributed by atoms with Gasteiger partial charge in [0, 0.05) is 23.7 Å². The summed E-state index contributed by atoms with van der Waals surface area (Å²) in [5.41, 5.74) is 2.81. The van der Waals surface area contributed by atoms with E-state index in [4.69, 9.17) is 16.6 Å². The van der Waals surface area contributed by atoms with Crippen molar-refractivity contribution in [3.63, 3.8) is 0 Å². The number of aromatic nitrogens is 4. The van der Waals surface area contributed by atoms with Gasteiger partial charge in [-0.15, -0.1) is 21.5 Å². The summed E-state index contributed by atoms with van der Waals surface area (Å²) in [6.45, 7) is 5.30. The van der Waals surface area contributed by atoms with E-state index >= 15 is 0 Å². The van der Waals surface area contributed by atoms with Gasteiger partial charge in [-0.1, -0.05) is 23.7 Å². The molecule has 0 saturated carbocycles. The van der Waals surface area contributed by atoms with E-state index in [2.05, 4.69) is 27.8 Å². The first-order valence-corrected chi connectivity index (χ1v) is 10.6. The van der Waals surface area contributed by atoms with Crippen LogP contribution in [-0.2, 0) is 6.54 Å². The number of carbonyl (C=O) groups is 1. The molecule has 1 aliphatic rings. The lowest BCUT2D eigenvalue weighted by molar-refractivity contribution is 0.0638. The largest absolute Gasteiger partial charge is 0.327 e. The first-order chi connectivity index (χ1) is 14.0. The zero-order chi connectivity index (χ0) is 20.1. The molecule has 1 aliphatic heterocycles. The topological polar surface area (TPSA) is 63.9 Å². The molecule has 146 valence electrons. The Kier molecular flexibility index (Phi) is 4.37. The van der Waals surface area contributed by atoms with E-state index in [9.17, 15) is 4.79 Å². The number of hydrogen-bond acceptors (Lipinski definition) is 5. The fraction of sp³-hybridized carbons (Fsp3) is 0.238. The van der Waals surface area contributed by atoms with Crippen molar-refractivity contribution in [1.29, 1.82) is 0 Å². The van der Waals surface area contributed by atoms with E-state index in [0.717, 1.165) is 22.2 Å². The van der Waals surface area contributed by atoms with Gasteiger partial charge in [-0.25, -0.2) is 4.98 Å². The van der Waals surface area contributed by atoms with Crippen LogP contribution >= 0.6 is 22.9 Å². The average molecular weight is 424 g/mol. The normalized spacial score (nSPS) is 16.2. The van der Waals surface area contributed by atoms with Crippen LogP contribution in [-0.4, -0.2) is 37.1 Å². The summed E-state index contributed by atoms with van der Waals surface area (Å²) in [7, 11) is 0. The molecule has 29 heavy (non-hydrogen) atoms. The second-order valence-corrected chi connectivity index (χ2v) is 8.59. The minimum absolute atomic E-state index is 0.0272. The second kappa shape index (κ2) is 6.93. The van der Waals surface area contributed by atoms with Gasteiger partial charge < -0.3 is 9.47 Å². The van der Waals surface area contributed by atoms with Crippen molar-refractivity contribution in [1.82, 2.24) is 24.6 Å². The molecule has 2 aromatic carbocycles. The summed E-state index contributed by atoms with van der Waals surface area (Å²) < 4.78 is 3.26. The average Bonchev–Trinajstić information content (AvgIpc) is 3.33. The van der Waals surface area contributed by atoms with Crippen molar-refractivity contribution in [2.75, 3.05) is 6.54 Å². The number of halogens is 1. The molecule has 0 bridgehead atoms. The van der Waals surface area contributed by atoms with Crippen LogP contribution in [0.4, 0.5) is 0 Å². The summed E-state index contributed by atoms with van der Waals surface area (Å²) in [6, 6.07) is 12.9. The van der Waals surface area contributed by atoms with Crippen LogP contribution in [0.1, 0.15) is 34.7 Å². The molecular formula is C21H18ClN5OS. The Morgan fingerprint density at radius 1 is 1.14 bits per heavy atom. The van der Waals surface area contributed by atoms with Crippen LogP contribution < -0.4 is 0 Å². The zero-order valence-electron chi connectivity index (χ0n) is 16.0. The number of rotatable bonds is 2. The van der Waals surface area contributed by atoms with Crippen LogP contribution in [0, 0.1) is 6.92 Å². The molecule has 0 spiro atoms. The van der Waals surface area contributed by atoms with Gasteiger partial charge in [0.2, 0.25) is 0 Å². The molecular weight excluding hydrogens is 406 g/mol. The van der Waals surface area contributed by atoms with Gasteiger partial charge in [0.15, 0.2) is 16.7 Å². The van der Waals surface area contributed by atoms with Crippen molar-refractivity contribution in [3.05, 3.63) is 64.4 Å². The first-order valence-electron chi connectivity index (χ1n) is 9.39. The lowest BCUT2D eigenvalue weighted by atomic mass is 10.1. The monoisotopic (exact) mass is 423 g/mol. The van der Waals surface area contributed by atoms with Gasteiger partial charge in [-0.3, -0.25) is 4.79 Å². The summed E-state index contributed by atoms with van der Waals surface area (Å²) in [5, 5.41) is 10.3. The first kappa shape index (κ1) is 18.3. The molecule has 0 unspecified atom stereocenters. The molecule has 3 heterocycles. The van der Waals surface area contributed by atoms with Crippen LogP contribution in [0.15, 0.2) is 42.5 Å². The third-order valence-corrected chi connectivity index (χ3v) is 6.79. The molecule has 0 saturated heterocycles. The molecule has 6 nitrogen and oxygen atoms in total. The Hall–Kier alpha value is -2.77. The Bertz CT molecular complexity index is 1230. The van der Waals surface area contributed by atoms with E-state index < -0.39 is 0 Å².